The predicted molar refractivity (Wildman–Crippen MR) is 140 cm³/mol. The van der Waals surface area contributed by atoms with Crippen LogP contribution >= 0.6 is 0 Å². The molecule has 6 nitrogen and oxygen atoms in total. The van der Waals surface area contributed by atoms with Gasteiger partial charge in [-0.05, 0) is 66.8 Å². The quantitative estimate of drug-likeness (QED) is 0.522. The summed E-state index contributed by atoms with van der Waals surface area (Å²) in [7, 11) is 1.61. The number of nitrogens with zero attached hydrogens (tertiary/aromatic N) is 4. The van der Waals surface area contributed by atoms with Crippen molar-refractivity contribution >= 4 is 11.6 Å². The number of aliphatic imine (C=N–C) groups is 1. The first-order valence-electron chi connectivity index (χ1n) is 13.0. The molecule has 1 atom stereocenters. The summed E-state index contributed by atoms with van der Waals surface area (Å²) >= 11 is 0. The van der Waals surface area contributed by atoms with Crippen LogP contribution in [0.2, 0.25) is 0 Å². The average molecular weight is 499 g/mol. The number of carbonyl (C=O) groups excluding carboxylic acids is 1. The zero-order valence-corrected chi connectivity index (χ0v) is 21.3. The van der Waals surface area contributed by atoms with Crippen molar-refractivity contribution in [1.82, 2.24) is 14.8 Å². The summed E-state index contributed by atoms with van der Waals surface area (Å²) in [5.41, 5.74) is 8.15. The summed E-state index contributed by atoms with van der Waals surface area (Å²) in [6, 6.07) is 13.8. The maximum Gasteiger partial charge on any atom is 0.227 e. The lowest BCUT2D eigenvalue weighted by molar-refractivity contribution is -0.135. The lowest BCUT2D eigenvalue weighted by atomic mass is 9.90. The fraction of sp³-hybridized carbons (Fsp3) is 0.367. The number of fused-ring (bicyclic) bond motifs is 2. The number of aromatic nitrogens is 1. The number of methoxy groups -OCH3 is 1. The van der Waals surface area contributed by atoms with Gasteiger partial charge in [0.2, 0.25) is 11.8 Å². The number of rotatable bonds is 5. The van der Waals surface area contributed by atoms with Gasteiger partial charge in [0.15, 0.2) is 0 Å². The van der Waals surface area contributed by atoms with Crippen LogP contribution in [0.5, 0.6) is 5.88 Å². The van der Waals surface area contributed by atoms with Crippen LogP contribution in [0, 0.1) is 12.7 Å². The van der Waals surface area contributed by atoms with E-state index in [1.807, 2.05) is 36.1 Å². The molecule has 0 bridgehead atoms. The second-order valence-corrected chi connectivity index (χ2v) is 10.4. The first-order chi connectivity index (χ1) is 18.0. The second kappa shape index (κ2) is 9.71. The molecule has 1 saturated heterocycles. The zero-order valence-electron chi connectivity index (χ0n) is 21.3. The third kappa shape index (κ3) is 4.64. The lowest BCUT2D eigenvalue weighted by Crippen LogP contribution is -2.51. The molecular weight excluding hydrogens is 467 g/mol. The van der Waals surface area contributed by atoms with Gasteiger partial charge in [0.05, 0.1) is 25.8 Å². The number of hydrogen-bond donors (Lipinski definition) is 0. The number of piperidine rings is 1. The van der Waals surface area contributed by atoms with E-state index < -0.39 is 0 Å². The number of amides is 1. The van der Waals surface area contributed by atoms with E-state index in [-0.39, 0.29) is 17.8 Å². The third-order valence-electron chi connectivity index (χ3n) is 7.83. The van der Waals surface area contributed by atoms with E-state index in [2.05, 4.69) is 22.0 Å². The average Bonchev–Trinajstić information content (AvgIpc) is 3.31. The molecule has 0 spiro atoms. The minimum absolute atomic E-state index is 0.134. The molecule has 1 amide bonds. The Bertz CT molecular complexity index is 1390. The summed E-state index contributed by atoms with van der Waals surface area (Å²) in [5.74, 6) is 0.608. The van der Waals surface area contributed by atoms with Crippen LogP contribution in [-0.4, -0.2) is 52.6 Å². The number of hydrogen-bond acceptors (Lipinski definition) is 5. The van der Waals surface area contributed by atoms with Gasteiger partial charge in [-0.1, -0.05) is 18.2 Å². The molecule has 4 heterocycles. The topological polar surface area (TPSA) is 58.0 Å². The molecule has 3 aromatic rings. The molecule has 1 aromatic heterocycles. The summed E-state index contributed by atoms with van der Waals surface area (Å²) < 4.78 is 19.7. The third-order valence-corrected chi connectivity index (χ3v) is 7.83. The number of likely N-dealkylation sites (tertiary alicyclic amines) is 1. The van der Waals surface area contributed by atoms with E-state index in [9.17, 15) is 9.18 Å². The van der Waals surface area contributed by atoms with E-state index >= 15 is 0 Å². The highest BCUT2D eigenvalue weighted by Crippen LogP contribution is 2.32. The highest BCUT2D eigenvalue weighted by molar-refractivity contribution is 6.15. The number of pyridine rings is 1. The van der Waals surface area contributed by atoms with Crippen molar-refractivity contribution in [3.8, 4) is 5.88 Å². The molecule has 0 unspecified atom stereocenters. The van der Waals surface area contributed by atoms with Crippen molar-refractivity contribution in [2.45, 2.75) is 51.9 Å². The molecule has 0 aliphatic carbocycles. The van der Waals surface area contributed by atoms with E-state index in [0.717, 1.165) is 65.0 Å². The van der Waals surface area contributed by atoms with E-state index in [4.69, 9.17) is 9.73 Å². The molecular formula is C30H31FN4O2. The van der Waals surface area contributed by atoms with Gasteiger partial charge in [-0.25, -0.2) is 9.37 Å². The smallest absolute Gasteiger partial charge is 0.227 e. The minimum Gasteiger partial charge on any atom is -0.481 e. The molecule has 2 aromatic carbocycles. The van der Waals surface area contributed by atoms with Gasteiger partial charge in [0.1, 0.15) is 5.82 Å². The molecule has 0 saturated carbocycles. The molecule has 1 fully saturated rings. The molecule has 0 radical (unpaired) electrons. The fourth-order valence-corrected chi connectivity index (χ4v) is 5.86. The van der Waals surface area contributed by atoms with Crippen molar-refractivity contribution in [3.63, 3.8) is 0 Å². The zero-order chi connectivity index (χ0) is 25.5. The lowest BCUT2D eigenvalue weighted by Gasteiger charge is -2.41. The molecule has 3 aliphatic heterocycles. The van der Waals surface area contributed by atoms with Crippen LogP contribution in [0.3, 0.4) is 0 Å². The van der Waals surface area contributed by atoms with Gasteiger partial charge in [0, 0.05) is 54.6 Å². The van der Waals surface area contributed by atoms with E-state index in [0.29, 0.717) is 31.9 Å². The van der Waals surface area contributed by atoms with Crippen LogP contribution in [0.15, 0.2) is 53.7 Å². The Morgan fingerprint density at radius 1 is 1.11 bits per heavy atom. The predicted octanol–water partition coefficient (Wildman–Crippen LogP) is 4.44. The Morgan fingerprint density at radius 3 is 2.78 bits per heavy atom. The van der Waals surface area contributed by atoms with Crippen molar-refractivity contribution in [1.29, 1.82) is 0 Å². The van der Waals surface area contributed by atoms with Crippen LogP contribution in [0.25, 0.3) is 0 Å². The van der Waals surface area contributed by atoms with Gasteiger partial charge in [0.25, 0.3) is 0 Å². The Balaban J connectivity index is 1.20. The number of carbonyl (C=O) groups is 1. The SMILES string of the molecule is COc1ccc(C2=NCc3cc4c(cc32)CN([C@H]2CCCN(Cc3ccc(C)cc3F)C2)C(=O)C4)cn1. The van der Waals surface area contributed by atoms with Crippen LogP contribution < -0.4 is 4.74 Å². The highest BCUT2D eigenvalue weighted by atomic mass is 19.1. The number of halogens is 1. The number of ether oxygens (including phenoxy) is 1. The van der Waals surface area contributed by atoms with Gasteiger partial charge < -0.3 is 9.64 Å². The Hall–Kier alpha value is -3.58. The first kappa shape index (κ1) is 23.8. The monoisotopic (exact) mass is 498 g/mol. The van der Waals surface area contributed by atoms with Gasteiger partial charge in [-0.2, -0.15) is 0 Å². The highest BCUT2D eigenvalue weighted by Gasteiger charge is 2.33. The normalized spacial score (nSPS) is 19.4. The van der Waals surface area contributed by atoms with Gasteiger partial charge in [-0.15, -0.1) is 0 Å². The maximum atomic E-state index is 14.5. The summed E-state index contributed by atoms with van der Waals surface area (Å²) in [6.45, 7) is 5.39. The summed E-state index contributed by atoms with van der Waals surface area (Å²) in [5, 5.41) is 0. The Labute approximate surface area is 216 Å². The standard InChI is InChI=1S/C30H31FN4O2/c1-19-5-6-21(27(31)10-19)16-34-9-3-4-25(18-34)35-17-24-12-26-23(11-22(24)13-29(35)36)15-33-30(26)20-7-8-28(37-2)32-14-20/h5-8,10-12,14,25H,3-4,9,13,15-18H2,1-2H3/t25-/m0/s1. The van der Waals surface area contributed by atoms with Crippen molar-refractivity contribution < 1.29 is 13.9 Å². The van der Waals surface area contributed by atoms with Crippen molar-refractivity contribution in [2.75, 3.05) is 20.2 Å². The molecule has 6 rings (SSSR count). The van der Waals surface area contributed by atoms with E-state index in [1.54, 1.807) is 19.4 Å². The Morgan fingerprint density at radius 2 is 2.00 bits per heavy atom. The van der Waals surface area contributed by atoms with Gasteiger partial charge in [-0.3, -0.25) is 14.7 Å². The Kier molecular flexibility index (Phi) is 6.24. The van der Waals surface area contributed by atoms with Gasteiger partial charge >= 0.3 is 0 Å². The second-order valence-electron chi connectivity index (χ2n) is 10.4. The van der Waals surface area contributed by atoms with Crippen LogP contribution in [-0.2, 0) is 30.8 Å². The van der Waals surface area contributed by atoms with Crippen molar-refractivity contribution in [2.24, 2.45) is 4.99 Å². The number of benzene rings is 2. The molecule has 0 N–H and O–H groups in total. The van der Waals surface area contributed by atoms with Crippen LogP contribution in [0.1, 0.15) is 51.8 Å². The fourth-order valence-electron chi connectivity index (χ4n) is 5.86. The first-order valence-corrected chi connectivity index (χ1v) is 13.0. The molecule has 37 heavy (non-hydrogen) atoms. The minimum atomic E-state index is -0.150. The largest absolute Gasteiger partial charge is 0.481 e. The summed E-state index contributed by atoms with van der Waals surface area (Å²) in [6.07, 6.45) is 4.20. The molecule has 7 heteroatoms. The molecule has 3 aliphatic rings. The van der Waals surface area contributed by atoms with Crippen molar-refractivity contribution in [3.05, 3.63) is 93.4 Å². The van der Waals surface area contributed by atoms with Crippen LogP contribution in [0.4, 0.5) is 4.39 Å². The number of aryl methyl sites for hydroxylation is 1. The van der Waals surface area contributed by atoms with E-state index in [1.165, 1.54) is 5.56 Å². The summed E-state index contributed by atoms with van der Waals surface area (Å²) in [4.78, 5) is 26.7. The molecule has 190 valence electrons. The maximum absolute atomic E-state index is 14.5.